The molecule has 0 unspecified atom stereocenters. The maximum Gasteiger partial charge on any atom is 0.416 e. The molecule has 0 bridgehead atoms. The molecule has 0 aliphatic carbocycles. The van der Waals surface area contributed by atoms with Crippen LogP contribution < -0.4 is 0 Å². The average Bonchev–Trinajstić information content (AvgIpc) is 2.01. The molecule has 78 valence electrons. The second-order valence-corrected chi connectivity index (χ2v) is 3.35. The van der Waals surface area contributed by atoms with Gasteiger partial charge in [-0.05, 0) is 18.1 Å². The summed E-state index contributed by atoms with van der Waals surface area (Å²) in [6, 6.07) is 3.02. The third-order valence-electron chi connectivity index (χ3n) is 1.94. The van der Waals surface area contributed by atoms with E-state index in [0.717, 1.165) is 18.2 Å². The maximum atomic E-state index is 13.1. The molecule has 0 aliphatic rings. The van der Waals surface area contributed by atoms with Crippen LogP contribution in [0.1, 0.15) is 30.9 Å². The highest BCUT2D eigenvalue weighted by Crippen LogP contribution is 2.36. The zero-order valence-electron chi connectivity index (χ0n) is 7.82. The van der Waals surface area contributed by atoms with Crippen molar-refractivity contribution in [3.05, 3.63) is 35.1 Å². The predicted octanol–water partition coefficient (Wildman–Crippen LogP) is 3.97. The van der Waals surface area contributed by atoms with Gasteiger partial charge in [0.1, 0.15) is 5.82 Å². The first-order chi connectivity index (χ1) is 6.34. The Morgan fingerprint density at radius 1 is 1.14 bits per heavy atom. The molecule has 0 aliphatic heterocycles. The minimum atomic E-state index is -4.48. The monoisotopic (exact) mass is 206 g/mol. The van der Waals surface area contributed by atoms with Gasteiger partial charge in [-0.15, -0.1) is 0 Å². The topological polar surface area (TPSA) is 0 Å². The van der Waals surface area contributed by atoms with E-state index in [4.69, 9.17) is 0 Å². The highest BCUT2D eigenvalue weighted by Gasteiger charge is 2.34. The molecule has 0 N–H and O–H groups in total. The van der Waals surface area contributed by atoms with Gasteiger partial charge in [-0.1, -0.05) is 19.9 Å². The molecule has 0 atom stereocenters. The molecule has 4 heteroatoms. The van der Waals surface area contributed by atoms with E-state index in [1.54, 1.807) is 0 Å². The summed E-state index contributed by atoms with van der Waals surface area (Å²) in [6.45, 7) is 3.07. The van der Waals surface area contributed by atoms with E-state index in [-0.39, 0.29) is 5.56 Å². The van der Waals surface area contributed by atoms with Gasteiger partial charge in [0.25, 0.3) is 0 Å². The van der Waals surface area contributed by atoms with Crippen LogP contribution in [0.25, 0.3) is 0 Å². The standard InChI is InChI=1S/C10H10F4/c1-6(2)9-7(10(12,13)14)4-3-5-8(9)11/h3-6H,1-2H3. The van der Waals surface area contributed by atoms with Crippen molar-refractivity contribution in [2.24, 2.45) is 0 Å². The van der Waals surface area contributed by atoms with Gasteiger partial charge in [0.15, 0.2) is 0 Å². The van der Waals surface area contributed by atoms with Crippen molar-refractivity contribution in [1.29, 1.82) is 0 Å². The fraction of sp³-hybridized carbons (Fsp3) is 0.400. The van der Waals surface area contributed by atoms with E-state index in [0.29, 0.717) is 0 Å². The number of hydrogen-bond donors (Lipinski definition) is 0. The molecular formula is C10H10F4. The van der Waals surface area contributed by atoms with Crippen molar-refractivity contribution in [3.8, 4) is 0 Å². The van der Waals surface area contributed by atoms with E-state index < -0.39 is 23.5 Å². The third-order valence-corrected chi connectivity index (χ3v) is 1.94. The Bertz CT molecular complexity index is 325. The number of rotatable bonds is 1. The fourth-order valence-corrected chi connectivity index (χ4v) is 1.37. The van der Waals surface area contributed by atoms with Gasteiger partial charge in [0.05, 0.1) is 5.56 Å². The van der Waals surface area contributed by atoms with Gasteiger partial charge in [-0.2, -0.15) is 13.2 Å². The lowest BCUT2D eigenvalue weighted by atomic mass is 9.96. The zero-order valence-corrected chi connectivity index (χ0v) is 7.82. The quantitative estimate of drug-likeness (QED) is 0.610. The molecule has 0 aromatic heterocycles. The zero-order chi connectivity index (χ0) is 10.9. The first-order valence-electron chi connectivity index (χ1n) is 4.19. The van der Waals surface area contributed by atoms with Gasteiger partial charge in [0, 0.05) is 5.56 Å². The lowest BCUT2D eigenvalue weighted by Crippen LogP contribution is -2.11. The summed E-state index contributed by atoms with van der Waals surface area (Å²) in [7, 11) is 0. The molecule has 0 nitrogen and oxygen atoms in total. The van der Waals surface area contributed by atoms with E-state index >= 15 is 0 Å². The first kappa shape index (κ1) is 11.0. The van der Waals surface area contributed by atoms with Crippen LogP contribution in [0.3, 0.4) is 0 Å². The summed E-state index contributed by atoms with van der Waals surface area (Å²) in [5, 5.41) is 0. The number of halogens is 4. The van der Waals surface area contributed by atoms with Gasteiger partial charge in [-0.25, -0.2) is 4.39 Å². The van der Waals surface area contributed by atoms with Gasteiger partial charge < -0.3 is 0 Å². The third kappa shape index (κ3) is 2.05. The molecular weight excluding hydrogens is 196 g/mol. The van der Waals surface area contributed by atoms with Crippen LogP contribution in [-0.4, -0.2) is 0 Å². The van der Waals surface area contributed by atoms with Crippen molar-refractivity contribution in [3.63, 3.8) is 0 Å². The number of hydrogen-bond acceptors (Lipinski definition) is 0. The highest BCUT2D eigenvalue weighted by molar-refractivity contribution is 5.33. The summed E-state index contributed by atoms with van der Waals surface area (Å²) >= 11 is 0. The molecule has 1 aromatic carbocycles. The van der Waals surface area contributed by atoms with Crippen LogP contribution >= 0.6 is 0 Å². The van der Waals surface area contributed by atoms with Crippen LogP contribution in [0.15, 0.2) is 18.2 Å². The minimum Gasteiger partial charge on any atom is -0.207 e. The molecule has 1 rings (SSSR count). The largest absolute Gasteiger partial charge is 0.416 e. The van der Waals surface area contributed by atoms with E-state index in [2.05, 4.69) is 0 Å². The minimum absolute atomic E-state index is 0.264. The summed E-state index contributed by atoms with van der Waals surface area (Å²) in [4.78, 5) is 0. The van der Waals surface area contributed by atoms with Crippen molar-refractivity contribution in [1.82, 2.24) is 0 Å². The van der Waals surface area contributed by atoms with E-state index in [1.165, 1.54) is 13.8 Å². The van der Waals surface area contributed by atoms with Crippen molar-refractivity contribution in [2.45, 2.75) is 25.9 Å². The maximum absolute atomic E-state index is 13.1. The molecule has 0 saturated heterocycles. The summed E-state index contributed by atoms with van der Waals surface area (Å²) in [5.74, 6) is -1.28. The molecule has 1 aromatic rings. The van der Waals surface area contributed by atoms with Gasteiger partial charge >= 0.3 is 6.18 Å². The molecule has 0 heterocycles. The normalized spacial score (nSPS) is 12.2. The van der Waals surface area contributed by atoms with Crippen LogP contribution in [0.2, 0.25) is 0 Å². The van der Waals surface area contributed by atoms with Crippen LogP contribution in [-0.2, 0) is 6.18 Å². The Morgan fingerprint density at radius 3 is 2.07 bits per heavy atom. The fourth-order valence-electron chi connectivity index (χ4n) is 1.37. The molecule has 0 amide bonds. The smallest absolute Gasteiger partial charge is 0.207 e. The Morgan fingerprint density at radius 2 is 1.71 bits per heavy atom. The van der Waals surface area contributed by atoms with Crippen LogP contribution in [0.5, 0.6) is 0 Å². The van der Waals surface area contributed by atoms with E-state index in [1.807, 2.05) is 0 Å². The Balaban J connectivity index is 3.36. The molecule has 0 fully saturated rings. The summed E-state index contributed by atoms with van der Waals surface area (Å²) in [5.41, 5.74) is -1.15. The van der Waals surface area contributed by atoms with Crippen molar-refractivity contribution >= 4 is 0 Å². The molecule has 0 radical (unpaired) electrons. The Hall–Kier alpha value is -1.06. The number of benzene rings is 1. The van der Waals surface area contributed by atoms with Gasteiger partial charge in [-0.3, -0.25) is 0 Å². The SMILES string of the molecule is CC(C)c1c(F)cccc1C(F)(F)F. The second kappa shape index (κ2) is 3.59. The second-order valence-electron chi connectivity index (χ2n) is 3.35. The molecule has 14 heavy (non-hydrogen) atoms. The Kier molecular flexibility index (Phi) is 2.83. The molecule has 0 saturated carbocycles. The average molecular weight is 206 g/mol. The molecule has 0 spiro atoms. The van der Waals surface area contributed by atoms with Crippen LogP contribution in [0, 0.1) is 5.82 Å². The predicted molar refractivity (Wildman–Crippen MR) is 45.5 cm³/mol. The highest BCUT2D eigenvalue weighted by atomic mass is 19.4. The summed E-state index contributed by atoms with van der Waals surface area (Å²) < 4.78 is 50.4. The summed E-state index contributed by atoms with van der Waals surface area (Å²) in [6.07, 6.45) is -4.48. The lowest BCUT2D eigenvalue weighted by molar-refractivity contribution is -0.138. The van der Waals surface area contributed by atoms with Crippen molar-refractivity contribution < 1.29 is 17.6 Å². The van der Waals surface area contributed by atoms with Crippen molar-refractivity contribution in [2.75, 3.05) is 0 Å². The first-order valence-corrected chi connectivity index (χ1v) is 4.19. The number of alkyl halides is 3. The van der Waals surface area contributed by atoms with E-state index in [9.17, 15) is 17.6 Å². The van der Waals surface area contributed by atoms with Crippen LogP contribution in [0.4, 0.5) is 17.6 Å². The van der Waals surface area contributed by atoms with Gasteiger partial charge in [0.2, 0.25) is 0 Å². The Labute approximate surface area is 79.6 Å². The lowest BCUT2D eigenvalue weighted by Gasteiger charge is -2.15.